The summed E-state index contributed by atoms with van der Waals surface area (Å²) in [6.07, 6.45) is 7.53. The second-order valence-corrected chi connectivity index (χ2v) is 3.92. The molecule has 1 aromatic carbocycles. The maximum Gasteiger partial charge on any atom is 0.119 e. The number of rotatable bonds is 2. The third kappa shape index (κ3) is 2.09. The van der Waals surface area contributed by atoms with Crippen molar-refractivity contribution < 1.29 is 4.74 Å². The van der Waals surface area contributed by atoms with E-state index in [-0.39, 0.29) is 0 Å². The van der Waals surface area contributed by atoms with Crippen LogP contribution >= 0.6 is 0 Å². The monoisotopic (exact) mass is 189 g/mol. The molecule has 14 heavy (non-hydrogen) atoms. The molecule has 0 saturated heterocycles. The van der Waals surface area contributed by atoms with E-state index in [2.05, 4.69) is 24.6 Å². The zero-order valence-corrected chi connectivity index (χ0v) is 8.70. The van der Waals surface area contributed by atoms with E-state index >= 15 is 0 Å². The van der Waals surface area contributed by atoms with Gasteiger partial charge in [0.15, 0.2) is 0 Å². The van der Waals surface area contributed by atoms with Gasteiger partial charge in [0.05, 0.1) is 7.11 Å². The third-order valence-electron chi connectivity index (χ3n) is 3.00. The molecule has 1 nitrogen and oxygen atoms in total. The molecule has 1 radical (unpaired) electrons. The summed E-state index contributed by atoms with van der Waals surface area (Å²) in [5.41, 5.74) is 1.44. The standard InChI is InChI=1S/C13H17O/c1-14-13-9-5-8-12(10-13)11-6-3-2-4-7-11/h2,5,8-11H,3-4,6-7H2,1H3. The molecule has 0 amide bonds. The highest BCUT2D eigenvalue weighted by Crippen LogP contribution is 2.33. The van der Waals surface area contributed by atoms with Crippen LogP contribution in [0.1, 0.15) is 37.2 Å². The van der Waals surface area contributed by atoms with Crippen LogP contribution < -0.4 is 4.74 Å². The number of hydrogen-bond donors (Lipinski definition) is 0. The molecular formula is C13H17O. The van der Waals surface area contributed by atoms with E-state index in [0.717, 1.165) is 11.7 Å². The van der Waals surface area contributed by atoms with Gasteiger partial charge in [-0.15, -0.1) is 0 Å². The fourth-order valence-electron chi connectivity index (χ4n) is 2.16. The minimum absolute atomic E-state index is 0.745. The topological polar surface area (TPSA) is 9.23 Å². The summed E-state index contributed by atoms with van der Waals surface area (Å²) in [7, 11) is 1.73. The Labute approximate surface area is 86.1 Å². The molecule has 1 fully saturated rings. The first-order valence-electron chi connectivity index (χ1n) is 5.36. The Balaban J connectivity index is 2.13. The number of ether oxygens (including phenoxy) is 1. The van der Waals surface area contributed by atoms with E-state index in [1.807, 2.05) is 6.07 Å². The van der Waals surface area contributed by atoms with Gasteiger partial charge in [0.25, 0.3) is 0 Å². The van der Waals surface area contributed by atoms with Crippen molar-refractivity contribution in [1.29, 1.82) is 0 Å². The molecule has 2 rings (SSSR count). The first-order valence-corrected chi connectivity index (χ1v) is 5.36. The molecular weight excluding hydrogens is 172 g/mol. The highest BCUT2D eigenvalue weighted by molar-refractivity contribution is 5.31. The minimum Gasteiger partial charge on any atom is -0.497 e. The average Bonchev–Trinajstić information content (AvgIpc) is 2.30. The summed E-state index contributed by atoms with van der Waals surface area (Å²) in [5, 5.41) is 0. The normalized spacial score (nSPS) is 18.1. The van der Waals surface area contributed by atoms with Gasteiger partial charge in [0.1, 0.15) is 5.75 Å². The lowest BCUT2D eigenvalue weighted by Gasteiger charge is -2.22. The quantitative estimate of drug-likeness (QED) is 0.691. The lowest BCUT2D eigenvalue weighted by atomic mass is 9.84. The van der Waals surface area contributed by atoms with Crippen molar-refractivity contribution in [3.63, 3.8) is 0 Å². The Morgan fingerprint density at radius 2 is 2.00 bits per heavy atom. The van der Waals surface area contributed by atoms with E-state index in [1.54, 1.807) is 7.11 Å². The van der Waals surface area contributed by atoms with Crippen LogP contribution in [0.15, 0.2) is 24.3 Å². The summed E-state index contributed by atoms with van der Waals surface area (Å²) < 4.78 is 5.24. The molecule has 0 heterocycles. The molecule has 1 heteroatoms. The Hall–Kier alpha value is -0.980. The summed E-state index contributed by atoms with van der Waals surface area (Å²) in [6.45, 7) is 0. The molecule has 1 aliphatic rings. The summed E-state index contributed by atoms with van der Waals surface area (Å²) in [6, 6.07) is 8.50. The minimum atomic E-state index is 0.745. The van der Waals surface area contributed by atoms with Crippen LogP contribution in [-0.2, 0) is 0 Å². The second-order valence-electron chi connectivity index (χ2n) is 3.92. The van der Waals surface area contributed by atoms with Crippen molar-refractivity contribution in [2.24, 2.45) is 0 Å². The molecule has 0 N–H and O–H groups in total. The molecule has 75 valence electrons. The zero-order valence-electron chi connectivity index (χ0n) is 8.70. The van der Waals surface area contributed by atoms with E-state index < -0.39 is 0 Å². The Morgan fingerprint density at radius 1 is 1.21 bits per heavy atom. The first kappa shape index (κ1) is 9.57. The molecule has 0 aliphatic heterocycles. The van der Waals surface area contributed by atoms with Crippen LogP contribution in [0, 0.1) is 6.42 Å². The number of methoxy groups -OCH3 is 1. The maximum atomic E-state index is 5.24. The molecule has 0 spiro atoms. The molecule has 1 saturated carbocycles. The average molecular weight is 189 g/mol. The Kier molecular flexibility index (Phi) is 3.07. The maximum absolute atomic E-state index is 5.24. The zero-order chi connectivity index (χ0) is 9.80. The van der Waals surface area contributed by atoms with Crippen molar-refractivity contribution in [3.8, 4) is 5.75 Å². The van der Waals surface area contributed by atoms with Gasteiger partial charge in [-0.05, 0) is 55.7 Å². The van der Waals surface area contributed by atoms with E-state index in [9.17, 15) is 0 Å². The lowest BCUT2D eigenvalue weighted by Crippen LogP contribution is -2.04. The molecule has 1 aliphatic carbocycles. The van der Waals surface area contributed by atoms with Crippen molar-refractivity contribution >= 4 is 0 Å². The highest BCUT2D eigenvalue weighted by Gasteiger charge is 2.15. The van der Waals surface area contributed by atoms with Gasteiger partial charge in [-0.3, -0.25) is 0 Å². The molecule has 0 atom stereocenters. The lowest BCUT2D eigenvalue weighted by molar-refractivity contribution is 0.412. The fraction of sp³-hybridized carbons (Fsp3) is 0.462. The van der Waals surface area contributed by atoms with Gasteiger partial charge in [-0.2, -0.15) is 0 Å². The van der Waals surface area contributed by atoms with E-state index in [1.165, 1.54) is 31.2 Å². The third-order valence-corrected chi connectivity index (χ3v) is 3.00. The highest BCUT2D eigenvalue weighted by atomic mass is 16.5. The summed E-state index contributed by atoms with van der Waals surface area (Å²) in [4.78, 5) is 0. The summed E-state index contributed by atoms with van der Waals surface area (Å²) >= 11 is 0. The van der Waals surface area contributed by atoms with Crippen LogP contribution in [-0.4, -0.2) is 7.11 Å². The molecule has 0 aromatic heterocycles. The van der Waals surface area contributed by atoms with Crippen LogP contribution in [0.2, 0.25) is 0 Å². The van der Waals surface area contributed by atoms with Crippen molar-refractivity contribution in [2.75, 3.05) is 7.11 Å². The predicted octanol–water partition coefficient (Wildman–Crippen LogP) is 3.56. The van der Waals surface area contributed by atoms with Gasteiger partial charge in [-0.25, -0.2) is 0 Å². The van der Waals surface area contributed by atoms with Gasteiger partial charge < -0.3 is 4.74 Å². The van der Waals surface area contributed by atoms with Crippen LogP contribution in [0.4, 0.5) is 0 Å². The first-order chi connectivity index (χ1) is 6.90. The second kappa shape index (κ2) is 4.50. The van der Waals surface area contributed by atoms with Gasteiger partial charge in [-0.1, -0.05) is 12.1 Å². The van der Waals surface area contributed by atoms with E-state index in [4.69, 9.17) is 4.74 Å². The van der Waals surface area contributed by atoms with Crippen molar-refractivity contribution in [2.45, 2.75) is 31.6 Å². The Morgan fingerprint density at radius 3 is 2.71 bits per heavy atom. The summed E-state index contributed by atoms with van der Waals surface area (Å²) in [5.74, 6) is 1.73. The largest absolute Gasteiger partial charge is 0.497 e. The van der Waals surface area contributed by atoms with Gasteiger partial charge in [0, 0.05) is 0 Å². The van der Waals surface area contributed by atoms with Crippen molar-refractivity contribution in [3.05, 3.63) is 36.2 Å². The number of benzene rings is 1. The van der Waals surface area contributed by atoms with Crippen LogP contribution in [0.5, 0.6) is 5.75 Å². The SMILES string of the molecule is COc1cccc(C2CC[CH]CC2)c1. The predicted molar refractivity (Wildman–Crippen MR) is 58.5 cm³/mol. The van der Waals surface area contributed by atoms with Gasteiger partial charge >= 0.3 is 0 Å². The van der Waals surface area contributed by atoms with Crippen LogP contribution in [0.3, 0.4) is 0 Å². The molecule has 1 aromatic rings. The molecule has 0 unspecified atom stereocenters. The van der Waals surface area contributed by atoms with E-state index in [0.29, 0.717) is 0 Å². The van der Waals surface area contributed by atoms with Crippen molar-refractivity contribution in [1.82, 2.24) is 0 Å². The molecule has 0 bridgehead atoms. The van der Waals surface area contributed by atoms with Crippen LogP contribution in [0.25, 0.3) is 0 Å². The number of hydrogen-bond acceptors (Lipinski definition) is 1. The smallest absolute Gasteiger partial charge is 0.119 e. The van der Waals surface area contributed by atoms with Gasteiger partial charge in [0.2, 0.25) is 0 Å². The Bertz CT molecular complexity index is 287. The fourth-order valence-corrected chi connectivity index (χ4v) is 2.16.